The molecule has 0 spiro atoms. The van der Waals surface area contributed by atoms with Crippen molar-refractivity contribution in [2.75, 3.05) is 12.4 Å². The summed E-state index contributed by atoms with van der Waals surface area (Å²) in [6.45, 7) is 1.75. The molecule has 6 nitrogen and oxygen atoms in total. The Hall–Kier alpha value is -2.76. The summed E-state index contributed by atoms with van der Waals surface area (Å²) in [7, 11) is 1.61. The number of carbonyl (C=O) groups excluding carboxylic acids is 1. The van der Waals surface area contributed by atoms with E-state index in [1.807, 2.05) is 24.3 Å². The number of rotatable bonds is 6. The van der Waals surface area contributed by atoms with Gasteiger partial charge in [-0.3, -0.25) is 4.79 Å². The van der Waals surface area contributed by atoms with Gasteiger partial charge in [0.15, 0.2) is 0 Å². The fourth-order valence-electron chi connectivity index (χ4n) is 1.62. The van der Waals surface area contributed by atoms with Crippen LogP contribution in [0.3, 0.4) is 0 Å². The Morgan fingerprint density at radius 3 is 2.71 bits per heavy atom. The molecule has 0 aliphatic heterocycles. The van der Waals surface area contributed by atoms with E-state index in [9.17, 15) is 4.79 Å². The van der Waals surface area contributed by atoms with E-state index in [0.29, 0.717) is 5.76 Å². The van der Waals surface area contributed by atoms with Crippen LogP contribution < -0.4 is 15.5 Å². The summed E-state index contributed by atoms with van der Waals surface area (Å²) in [5, 5.41) is 6.90. The van der Waals surface area contributed by atoms with Gasteiger partial charge in [0, 0.05) is 5.69 Å². The largest absolute Gasteiger partial charge is 0.497 e. The number of nitrogens with zero attached hydrogens (tertiary/aromatic N) is 1. The first-order chi connectivity index (χ1) is 10.2. The van der Waals surface area contributed by atoms with E-state index in [-0.39, 0.29) is 5.91 Å². The highest BCUT2D eigenvalue weighted by Gasteiger charge is 2.11. The van der Waals surface area contributed by atoms with Crippen molar-refractivity contribution >= 4 is 17.8 Å². The summed E-state index contributed by atoms with van der Waals surface area (Å²) in [5.41, 5.74) is 3.27. The second-order valence-electron chi connectivity index (χ2n) is 4.34. The van der Waals surface area contributed by atoms with Crippen LogP contribution in [0.1, 0.15) is 12.7 Å². The number of hydrogen-bond donors (Lipinski definition) is 2. The minimum Gasteiger partial charge on any atom is -0.497 e. The van der Waals surface area contributed by atoms with Gasteiger partial charge >= 0.3 is 0 Å². The number of hydrazone groups is 1. The fraction of sp³-hybridized carbons (Fsp3) is 0.200. The van der Waals surface area contributed by atoms with Crippen LogP contribution >= 0.6 is 0 Å². The molecule has 0 fully saturated rings. The third-order valence-electron chi connectivity index (χ3n) is 2.78. The molecule has 6 heteroatoms. The zero-order chi connectivity index (χ0) is 15.1. The van der Waals surface area contributed by atoms with Gasteiger partial charge in [-0.1, -0.05) is 0 Å². The van der Waals surface area contributed by atoms with Crippen molar-refractivity contribution in [1.29, 1.82) is 0 Å². The van der Waals surface area contributed by atoms with Crippen LogP contribution in [0, 0.1) is 0 Å². The van der Waals surface area contributed by atoms with Crippen LogP contribution in [-0.2, 0) is 4.79 Å². The maximum absolute atomic E-state index is 11.9. The molecule has 1 heterocycles. The number of hydrogen-bond acceptors (Lipinski definition) is 5. The van der Waals surface area contributed by atoms with Gasteiger partial charge in [-0.25, -0.2) is 5.43 Å². The molecule has 1 aromatic heterocycles. The number of nitrogens with one attached hydrogen (secondary N) is 2. The van der Waals surface area contributed by atoms with E-state index in [2.05, 4.69) is 15.8 Å². The molecule has 21 heavy (non-hydrogen) atoms. The zero-order valence-electron chi connectivity index (χ0n) is 11.9. The maximum Gasteiger partial charge on any atom is 0.262 e. The van der Waals surface area contributed by atoms with Gasteiger partial charge in [0.05, 0.1) is 19.6 Å². The molecule has 0 radical (unpaired) electrons. The first-order valence-electron chi connectivity index (χ1n) is 6.46. The summed E-state index contributed by atoms with van der Waals surface area (Å²) in [6.07, 6.45) is 2.98. The minimum absolute atomic E-state index is 0.242. The van der Waals surface area contributed by atoms with Crippen LogP contribution in [-0.4, -0.2) is 25.3 Å². The molecule has 1 unspecified atom stereocenters. The van der Waals surface area contributed by atoms with E-state index in [1.54, 1.807) is 26.2 Å². The predicted molar refractivity (Wildman–Crippen MR) is 80.5 cm³/mol. The average Bonchev–Trinajstić information content (AvgIpc) is 3.01. The Balaban J connectivity index is 1.84. The molecule has 110 valence electrons. The highest BCUT2D eigenvalue weighted by Crippen LogP contribution is 2.15. The second-order valence-corrected chi connectivity index (χ2v) is 4.34. The van der Waals surface area contributed by atoms with Crippen molar-refractivity contribution in [3.05, 3.63) is 48.4 Å². The Kier molecular flexibility index (Phi) is 4.98. The molecule has 2 rings (SSSR count). The maximum atomic E-state index is 11.9. The molecule has 0 saturated carbocycles. The third-order valence-corrected chi connectivity index (χ3v) is 2.78. The topological polar surface area (TPSA) is 75.9 Å². The van der Waals surface area contributed by atoms with E-state index in [1.165, 1.54) is 12.5 Å². The van der Waals surface area contributed by atoms with Crippen LogP contribution in [0.5, 0.6) is 5.75 Å². The lowest BCUT2D eigenvalue weighted by Crippen LogP contribution is -2.34. The smallest absolute Gasteiger partial charge is 0.262 e. The molecule has 0 aliphatic rings. The highest BCUT2D eigenvalue weighted by atomic mass is 16.5. The molecule has 0 bridgehead atoms. The van der Waals surface area contributed by atoms with Crippen LogP contribution in [0.15, 0.2) is 52.2 Å². The van der Waals surface area contributed by atoms with Gasteiger partial charge < -0.3 is 14.5 Å². The molecule has 1 amide bonds. The molecule has 0 saturated heterocycles. The number of furan rings is 1. The number of benzene rings is 1. The fourth-order valence-corrected chi connectivity index (χ4v) is 1.62. The molecule has 1 atom stereocenters. The Bertz CT molecular complexity index is 591. The SMILES string of the molecule is COc1ccc(NC(C)C(=O)NN=Cc2ccco2)cc1. The summed E-state index contributed by atoms with van der Waals surface area (Å²) >= 11 is 0. The molecule has 2 N–H and O–H groups in total. The number of carbonyl (C=O) groups is 1. The molecular weight excluding hydrogens is 270 g/mol. The van der Waals surface area contributed by atoms with E-state index >= 15 is 0 Å². The molecule has 1 aromatic carbocycles. The van der Waals surface area contributed by atoms with E-state index in [0.717, 1.165) is 11.4 Å². The lowest BCUT2D eigenvalue weighted by molar-refractivity contribution is -0.121. The number of ether oxygens (including phenoxy) is 1. The summed E-state index contributed by atoms with van der Waals surface area (Å²) in [5.74, 6) is 1.10. The van der Waals surface area contributed by atoms with Crippen molar-refractivity contribution in [1.82, 2.24) is 5.43 Å². The van der Waals surface area contributed by atoms with Gasteiger partial charge in [-0.2, -0.15) is 5.10 Å². The summed E-state index contributed by atoms with van der Waals surface area (Å²) in [6, 6.07) is 10.4. The quantitative estimate of drug-likeness (QED) is 0.631. The average molecular weight is 287 g/mol. The van der Waals surface area contributed by atoms with Crippen molar-refractivity contribution < 1.29 is 13.9 Å². The van der Waals surface area contributed by atoms with Crippen LogP contribution in [0.4, 0.5) is 5.69 Å². The predicted octanol–water partition coefficient (Wildman–Crippen LogP) is 2.24. The van der Waals surface area contributed by atoms with Gasteiger partial charge in [0.2, 0.25) is 0 Å². The molecule has 0 aliphatic carbocycles. The Morgan fingerprint density at radius 1 is 1.33 bits per heavy atom. The summed E-state index contributed by atoms with van der Waals surface area (Å²) in [4.78, 5) is 11.9. The van der Waals surface area contributed by atoms with Crippen molar-refractivity contribution in [2.45, 2.75) is 13.0 Å². The van der Waals surface area contributed by atoms with Crippen molar-refractivity contribution in [3.63, 3.8) is 0 Å². The first kappa shape index (κ1) is 14.6. The second kappa shape index (κ2) is 7.14. The normalized spacial score (nSPS) is 12.1. The van der Waals surface area contributed by atoms with Crippen LogP contribution in [0.2, 0.25) is 0 Å². The third kappa shape index (κ3) is 4.38. The number of amides is 1. The lowest BCUT2D eigenvalue weighted by atomic mass is 10.2. The van der Waals surface area contributed by atoms with E-state index in [4.69, 9.17) is 9.15 Å². The van der Waals surface area contributed by atoms with Gasteiger partial charge in [-0.05, 0) is 43.3 Å². The first-order valence-corrected chi connectivity index (χ1v) is 6.46. The summed E-state index contributed by atoms with van der Waals surface area (Å²) < 4.78 is 10.1. The monoisotopic (exact) mass is 287 g/mol. The minimum atomic E-state index is -0.424. The number of methoxy groups -OCH3 is 1. The standard InChI is InChI=1S/C15H17N3O3/c1-11(17-12-5-7-13(20-2)8-6-12)15(19)18-16-10-14-4-3-9-21-14/h3-11,17H,1-2H3,(H,18,19). The van der Waals surface area contributed by atoms with Gasteiger partial charge in [0.1, 0.15) is 17.6 Å². The van der Waals surface area contributed by atoms with Gasteiger partial charge in [-0.15, -0.1) is 0 Å². The zero-order valence-corrected chi connectivity index (χ0v) is 11.9. The van der Waals surface area contributed by atoms with Crippen molar-refractivity contribution in [3.8, 4) is 5.75 Å². The number of anilines is 1. The van der Waals surface area contributed by atoms with E-state index < -0.39 is 6.04 Å². The molecule has 2 aromatic rings. The van der Waals surface area contributed by atoms with Crippen LogP contribution in [0.25, 0.3) is 0 Å². The molecular formula is C15H17N3O3. The van der Waals surface area contributed by atoms with Gasteiger partial charge in [0.25, 0.3) is 5.91 Å². The lowest BCUT2D eigenvalue weighted by Gasteiger charge is -2.13. The van der Waals surface area contributed by atoms with Crippen molar-refractivity contribution in [2.24, 2.45) is 5.10 Å². The Morgan fingerprint density at radius 2 is 2.10 bits per heavy atom. The Labute approximate surface area is 122 Å². The highest BCUT2D eigenvalue weighted by molar-refractivity contribution is 5.85.